The fourth-order valence-corrected chi connectivity index (χ4v) is 2.51. The van der Waals surface area contributed by atoms with E-state index >= 15 is 0 Å². The topological polar surface area (TPSA) is 86.5 Å². The van der Waals surface area contributed by atoms with E-state index in [4.69, 9.17) is 15.2 Å². The number of hydrogen-bond donors (Lipinski definition) is 2. The van der Waals surface area contributed by atoms with Crippen LogP contribution in [0.15, 0.2) is 12.3 Å². The van der Waals surface area contributed by atoms with Crippen LogP contribution in [0.25, 0.3) is 0 Å². The summed E-state index contributed by atoms with van der Waals surface area (Å²) in [6.45, 7) is 2.08. The molecule has 2 unspecified atom stereocenters. The normalized spacial score (nSPS) is 21.7. The zero-order valence-corrected chi connectivity index (χ0v) is 11.9. The highest BCUT2D eigenvalue weighted by Crippen LogP contribution is 2.26. The molecule has 0 aliphatic heterocycles. The maximum atomic E-state index is 12.0. The fraction of sp³-hybridized carbons (Fsp3) is 0.571. The average Bonchev–Trinajstić information content (AvgIpc) is 2.88. The van der Waals surface area contributed by atoms with Crippen molar-refractivity contribution in [3.05, 3.63) is 17.8 Å². The molecule has 1 heterocycles. The molecular weight excluding hydrogens is 258 g/mol. The van der Waals surface area contributed by atoms with Crippen LogP contribution in [0, 0.1) is 0 Å². The van der Waals surface area contributed by atoms with Gasteiger partial charge in [-0.3, -0.25) is 0 Å². The van der Waals surface area contributed by atoms with E-state index < -0.39 is 5.97 Å². The summed E-state index contributed by atoms with van der Waals surface area (Å²) in [5, 5.41) is 3.28. The minimum Gasteiger partial charge on any atom is -0.462 e. The molecule has 6 heteroatoms. The van der Waals surface area contributed by atoms with Crippen LogP contribution in [0.1, 0.15) is 36.5 Å². The zero-order valence-electron chi connectivity index (χ0n) is 11.9. The third-order valence-corrected chi connectivity index (χ3v) is 3.48. The van der Waals surface area contributed by atoms with Crippen LogP contribution in [-0.2, 0) is 9.47 Å². The molecule has 0 spiro atoms. The van der Waals surface area contributed by atoms with E-state index in [1.54, 1.807) is 20.1 Å². The lowest BCUT2D eigenvalue weighted by Crippen LogP contribution is -2.31. The number of nitrogens with two attached hydrogens (primary N) is 1. The molecule has 0 saturated heterocycles. The molecule has 0 radical (unpaired) electrons. The Kier molecular flexibility index (Phi) is 4.79. The Balaban J connectivity index is 2.20. The molecule has 0 aromatic carbocycles. The number of anilines is 2. The second kappa shape index (κ2) is 6.56. The van der Waals surface area contributed by atoms with Gasteiger partial charge in [0.25, 0.3) is 0 Å². The average molecular weight is 279 g/mol. The Hall–Kier alpha value is -1.82. The minimum atomic E-state index is -0.415. The van der Waals surface area contributed by atoms with Crippen LogP contribution in [0.3, 0.4) is 0 Å². The third kappa shape index (κ3) is 3.19. The lowest BCUT2D eigenvalue weighted by Gasteiger charge is -2.21. The smallest absolute Gasteiger partial charge is 0.341 e. The van der Waals surface area contributed by atoms with Gasteiger partial charge in [-0.15, -0.1) is 0 Å². The summed E-state index contributed by atoms with van der Waals surface area (Å²) in [4.78, 5) is 16.2. The van der Waals surface area contributed by atoms with Crippen molar-refractivity contribution in [2.75, 3.05) is 24.8 Å². The van der Waals surface area contributed by atoms with Gasteiger partial charge in [0.2, 0.25) is 0 Å². The molecule has 2 rings (SSSR count). The first kappa shape index (κ1) is 14.6. The van der Waals surface area contributed by atoms with Crippen molar-refractivity contribution in [3.63, 3.8) is 0 Å². The number of rotatable bonds is 5. The number of carbonyl (C=O) groups is 1. The van der Waals surface area contributed by atoms with Gasteiger partial charge >= 0.3 is 5.97 Å². The van der Waals surface area contributed by atoms with Crippen molar-refractivity contribution >= 4 is 17.5 Å². The number of nitrogen functional groups attached to an aromatic ring is 1. The van der Waals surface area contributed by atoms with Crippen molar-refractivity contribution in [1.29, 1.82) is 0 Å². The number of esters is 1. The molecule has 2 atom stereocenters. The number of nitrogens with zero attached hydrogens (tertiary/aromatic N) is 1. The van der Waals surface area contributed by atoms with Gasteiger partial charge in [0.05, 0.1) is 30.6 Å². The van der Waals surface area contributed by atoms with E-state index in [0.29, 0.717) is 23.7 Å². The zero-order chi connectivity index (χ0) is 14.5. The van der Waals surface area contributed by atoms with Crippen LogP contribution in [0.4, 0.5) is 11.5 Å². The summed E-state index contributed by atoms with van der Waals surface area (Å²) in [6.07, 6.45) is 4.77. The van der Waals surface area contributed by atoms with Gasteiger partial charge in [0, 0.05) is 7.11 Å². The number of carbonyl (C=O) groups excluding carboxylic acids is 1. The molecule has 3 N–H and O–H groups in total. The predicted molar refractivity (Wildman–Crippen MR) is 76.7 cm³/mol. The molecule has 1 saturated carbocycles. The number of nitrogens with one attached hydrogen (secondary N) is 1. The summed E-state index contributed by atoms with van der Waals surface area (Å²) in [6, 6.07) is 1.74. The van der Waals surface area contributed by atoms with Crippen molar-refractivity contribution in [3.8, 4) is 0 Å². The van der Waals surface area contributed by atoms with Crippen LogP contribution in [0.2, 0.25) is 0 Å². The monoisotopic (exact) mass is 279 g/mol. The van der Waals surface area contributed by atoms with Gasteiger partial charge in [-0.1, -0.05) is 0 Å². The third-order valence-electron chi connectivity index (χ3n) is 3.48. The maximum Gasteiger partial charge on any atom is 0.341 e. The lowest BCUT2D eigenvalue weighted by molar-refractivity contribution is 0.0526. The minimum absolute atomic E-state index is 0.143. The second-order valence-corrected chi connectivity index (χ2v) is 4.84. The second-order valence-electron chi connectivity index (χ2n) is 4.84. The van der Waals surface area contributed by atoms with E-state index in [2.05, 4.69) is 10.3 Å². The largest absolute Gasteiger partial charge is 0.462 e. The van der Waals surface area contributed by atoms with Crippen LogP contribution < -0.4 is 11.1 Å². The molecule has 1 aliphatic carbocycles. The van der Waals surface area contributed by atoms with Gasteiger partial charge in [0.1, 0.15) is 11.4 Å². The van der Waals surface area contributed by atoms with Gasteiger partial charge in [0.15, 0.2) is 0 Å². The molecule has 1 aromatic rings. The van der Waals surface area contributed by atoms with E-state index in [0.717, 1.165) is 19.3 Å². The summed E-state index contributed by atoms with van der Waals surface area (Å²) < 4.78 is 10.5. The molecule has 1 aromatic heterocycles. The van der Waals surface area contributed by atoms with Crippen molar-refractivity contribution in [2.24, 2.45) is 0 Å². The fourth-order valence-electron chi connectivity index (χ4n) is 2.51. The van der Waals surface area contributed by atoms with Gasteiger partial charge in [-0.05, 0) is 32.3 Å². The Morgan fingerprint density at radius 2 is 2.35 bits per heavy atom. The Morgan fingerprint density at radius 3 is 3.05 bits per heavy atom. The number of hydrogen-bond acceptors (Lipinski definition) is 6. The summed E-state index contributed by atoms with van der Waals surface area (Å²) in [5.41, 5.74) is 6.51. The Morgan fingerprint density at radius 1 is 1.55 bits per heavy atom. The van der Waals surface area contributed by atoms with Gasteiger partial charge < -0.3 is 20.5 Å². The molecule has 110 valence electrons. The molecule has 1 aliphatic rings. The Bertz CT molecular complexity index is 479. The highest BCUT2D eigenvalue weighted by atomic mass is 16.5. The van der Waals surface area contributed by atoms with E-state index in [1.807, 2.05) is 0 Å². The standard InChI is InChI=1S/C14H21N3O3/c1-3-20-14(18)10-7-9(15)8-16-13(10)17-11-5-4-6-12(11)19-2/h7-8,11-12H,3-6,15H2,1-2H3,(H,16,17). The molecule has 6 nitrogen and oxygen atoms in total. The number of methoxy groups -OCH3 is 1. The number of aromatic nitrogens is 1. The van der Waals surface area contributed by atoms with Crippen LogP contribution in [0.5, 0.6) is 0 Å². The summed E-state index contributed by atoms with van der Waals surface area (Å²) in [5.74, 6) is 0.0911. The lowest BCUT2D eigenvalue weighted by atomic mass is 10.2. The number of pyridine rings is 1. The first-order valence-electron chi connectivity index (χ1n) is 6.87. The summed E-state index contributed by atoms with van der Waals surface area (Å²) >= 11 is 0. The van der Waals surface area contributed by atoms with Gasteiger partial charge in [-0.2, -0.15) is 0 Å². The van der Waals surface area contributed by atoms with E-state index in [1.165, 1.54) is 6.20 Å². The quantitative estimate of drug-likeness (QED) is 0.799. The van der Waals surface area contributed by atoms with Crippen molar-refractivity contribution in [2.45, 2.75) is 38.3 Å². The molecule has 20 heavy (non-hydrogen) atoms. The maximum absolute atomic E-state index is 12.0. The van der Waals surface area contributed by atoms with Crippen LogP contribution >= 0.6 is 0 Å². The first-order valence-corrected chi connectivity index (χ1v) is 6.87. The molecule has 1 fully saturated rings. The molecular formula is C14H21N3O3. The predicted octanol–water partition coefficient (Wildman–Crippen LogP) is 1.82. The van der Waals surface area contributed by atoms with Crippen molar-refractivity contribution in [1.82, 2.24) is 4.98 Å². The Labute approximate surface area is 118 Å². The van der Waals surface area contributed by atoms with Gasteiger partial charge in [-0.25, -0.2) is 9.78 Å². The SMILES string of the molecule is CCOC(=O)c1cc(N)cnc1NC1CCCC1OC. The highest BCUT2D eigenvalue weighted by molar-refractivity contribution is 5.95. The molecule has 0 bridgehead atoms. The summed E-state index contributed by atoms with van der Waals surface area (Å²) in [7, 11) is 1.70. The van der Waals surface area contributed by atoms with E-state index in [9.17, 15) is 4.79 Å². The van der Waals surface area contributed by atoms with E-state index in [-0.39, 0.29) is 12.1 Å². The highest BCUT2D eigenvalue weighted by Gasteiger charge is 2.28. The van der Waals surface area contributed by atoms with Crippen molar-refractivity contribution < 1.29 is 14.3 Å². The first-order chi connectivity index (χ1) is 9.65. The van der Waals surface area contributed by atoms with Crippen LogP contribution in [-0.4, -0.2) is 36.8 Å². The number of ether oxygens (including phenoxy) is 2. The molecule has 0 amide bonds.